The number of nitrogens with zero attached hydrogens (tertiary/aromatic N) is 3. The molecular formula is C12H21N3O. The quantitative estimate of drug-likeness (QED) is 0.839. The zero-order valence-electron chi connectivity index (χ0n) is 10.1. The van der Waals surface area contributed by atoms with E-state index in [1.807, 2.05) is 10.9 Å². The number of aromatic nitrogens is 2. The van der Waals surface area contributed by atoms with Gasteiger partial charge in [-0.1, -0.05) is 0 Å². The van der Waals surface area contributed by atoms with Gasteiger partial charge in [0.25, 0.3) is 0 Å². The first-order chi connectivity index (χ1) is 7.70. The topological polar surface area (TPSA) is 41.3 Å². The minimum Gasteiger partial charge on any atom is -0.395 e. The van der Waals surface area contributed by atoms with Crippen LogP contribution in [0.2, 0.25) is 0 Å². The predicted molar refractivity (Wildman–Crippen MR) is 63.1 cm³/mol. The number of hydrogen-bond acceptors (Lipinski definition) is 3. The van der Waals surface area contributed by atoms with Gasteiger partial charge in [-0.3, -0.25) is 9.58 Å². The van der Waals surface area contributed by atoms with E-state index in [1.54, 1.807) is 0 Å². The Morgan fingerprint density at radius 3 is 3.00 bits per heavy atom. The van der Waals surface area contributed by atoms with Gasteiger partial charge in [0.15, 0.2) is 0 Å². The lowest BCUT2D eigenvalue weighted by molar-refractivity contribution is 0.152. The molecule has 16 heavy (non-hydrogen) atoms. The molecule has 90 valence electrons. The molecule has 1 fully saturated rings. The summed E-state index contributed by atoms with van der Waals surface area (Å²) in [6, 6.07) is 2.83. The van der Waals surface area contributed by atoms with Crippen molar-refractivity contribution in [2.75, 3.05) is 13.2 Å². The van der Waals surface area contributed by atoms with Gasteiger partial charge in [0.1, 0.15) is 0 Å². The number of aliphatic hydroxyl groups excluding tert-OH is 1. The maximum atomic E-state index is 9.24. The molecule has 1 N–H and O–H groups in total. The molecule has 1 aromatic rings. The smallest absolute Gasteiger partial charge is 0.0765 e. The number of hydrogen-bond donors (Lipinski definition) is 1. The van der Waals surface area contributed by atoms with Gasteiger partial charge in [0, 0.05) is 24.8 Å². The molecule has 4 heteroatoms. The second-order valence-electron chi connectivity index (χ2n) is 4.83. The fraction of sp³-hybridized carbons (Fsp3) is 0.750. The summed E-state index contributed by atoms with van der Waals surface area (Å²) in [6.45, 7) is 6.47. The molecule has 1 aliphatic heterocycles. The van der Waals surface area contributed by atoms with Crippen molar-refractivity contribution in [3.05, 3.63) is 18.0 Å². The standard InChI is InChI=1S/C12H21N3O/c1-10(2)15-7-5-11(13-15)8-14-6-3-4-12(14)9-16/h5,7,10,12,16H,3-4,6,8-9H2,1-2H3/t12-/m1/s1. The van der Waals surface area contributed by atoms with E-state index in [0.29, 0.717) is 12.1 Å². The zero-order valence-corrected chi connectivity index (χ0v) is 10.1. The van der Waals surface area contributed by atoms with Gasteiger partial charge in [0.05, 0.1) is 12.3 Å². The lowest BCUT2D eigenvalue weighted by atomic mass is 10.2. The first-order valence-electron chi connectivity index (χ1n) is 6.09. The van der Waals surface area contributed by atoms with Crippen LogP contribution < -0.4 is 0 Å². The minimum atomic E-state index is 0.269. The van der Waals surface area contributed by atoms with Gasteiger partial charge in [-0.25, -0.2) is 0 Å². The molecule has 0 aromatic carbocycles. The minimum absolute atomic E-state index is 0.269. The highest BCUT2D eigenvalue weighted by atomic mass is 16.3. The Labute approximate surface area is 96.9 Å². The third kappa shape index (κ3) is 2.44. The van der Waals surface area contributed by atoms with E-state index < -0.39 is 0 Å². The van der Waals surface area contributed by atoms with Crippen LogP contribution in [0.15, 0.2) is 12.3 Å². The molecule has 0 bridgehead atoms. The first-order valence-corrected chi connectivity index (χ1v) is 6.09. The Bertz CT molecular complexity index is 335. The molecule has 1 aliphatic rings. The van der Waals surface area contributed by atoms with Gasteiger partial charge in [-0.15, -0.1) is 0 Å². The summed E-state index contributed by atoms with van der Waals surface area (Å²) in [5.74, 6) is 0. The van der Waals surface area contributed by atoms with Gasteiger partial charge in [-0.05, 0) is 39.3 Å². The van der Waals surface area contributed by atoms with E-state index in [-0.39, 0.29) is 6.61 Å². The van der Waals surface area contributed by atoms with E-state index >= 15 is 0 Å². The summed E-state index contributed by atoms with van der Waals surface area (Å²) in [4.78, 5) is 2.33. The van der Waals surface area contributed by atoms with Crippen LogP contribution in [0.4, 0.5) is 0 Å². The average molecular weight is 223 g/mol. The van der Waals surface area contributed by atoms with Crippen LogP contribution in [-0.2, 0) is 6.54 Å². The number of likely N-dealkylation sites (tertiary alicyclic amines) is 1. The molecular weight excluding hydrogens is 202 g/mol. The fourth-order valence-corrected chi connectivity index (χ4v) is 2.27. The third-order valence-corrected chi connectivity index (χ3v) is 3.27. The van der Waals surface area contributed by atoms with E-state index in [9.17, 15) is 5.11 Å². The summed E-state index contributed by atoms with van der Waals surface area (Å²) in [6.07, 6.45) is 4.33. The molecule has 0 amide bonds. The lowest BCUT2D eigenvalue weighted by Crippen LogP contribution is -2.31. The van der Waals surface area contributed by atoms with Crippen molar-refractivity contribution in [3.63, 3.8) is 0 Å². The molecule has 0 saturated carbocycles. The SMILES string of the molecule is CC(C)n1ccc(CN2CCC[C@@H]2CO)n1. The molecule has 0 aliphatic carbocycles. The highest BCUT2D eigenvalue weighted by Gasteiger charge is 2.24. The van der Waals surface area contributed by atoms with Crippen molar-refractivity contribution in [1.82, 2.24) is 14.7 Å². The van der Waals surface area contributed by atoms with Gasteiger partial charge >= 0.3 is 0 Å². The first kappa shape index (κ1) is 11.6. The molecule has 0 radical (unpaired) electrons. The largest absolute Gasteiger partial charge is 0.395 e. The predicted octanol–water partition coefficient (Wildman–Crippen LogP) is 1.42. The van der Waals surface area contributed by atoms with Gasteiger partial charge in [0.2, 0.25) is 0 Å². The van der Waals surface area contributed by atoms with Crippen LogP contribution in [0.5, 0.6) is 0 Å². The van der Waals surface area contributed by atoms with Crippen molar-refractivity contribution < 1.29 is 5.11 Å². The molecule has 1 atom stereocenters. The number of rotatable bonds is 4. The van der Waals surface area contributed by atoms with Crippen molar-refractivity contribution in [1.29, 1.82) is 0 Å². The van der Waals surface area contributed by atoms with Crippen molar-refractivity contribution in [2.45, 2.75) is 45.3 Å². The maximum Gasteiger partial charge on any atom is 0.0765 e. The molecule has 0 spiro atoms. The lowest BCUT2D eigenvalue weighted by Gasteiger charge is -2.21. The Balaban J connectivity index is 1.97. The van der Waals surface area contributed by atoms with E-state index in [2.05, 4.69) is 29.9 Å². The van der Waals surface area contributed by atoms with Crippen molar-refractivity contribution in [3.8, 4) is 0 Å². The Morgan fingerprint density at radius 1 is 1.56 bits per heavy atom. The monoisotopic (exact) mass is 223 g/mol. The zero-order chi connectivity index (χ0) is 11.5. The van der Waals surface area contributed by atoms with E-state index in [4.69, 9.17) is 0 Å². The highest BCUT2D eigenvalue weighted by molar-refractivity contribution is 5.00. The second-order valence-corrected chi connectivity index (χ2v) is 4.83. The normalized spacial score (nSPS) is 22.1. The highest BCUT2D eigenvalue weighted by Crippen LogP contribution is 2.19. The van der Waals surface area contributed by atoms with Gasteiger partial charge in [-0.2, -0.15) is 5.10 Å². The van der Waals surface area contributed by atoms with Crippen molar-refractivity contribution in [2.24, 2.45) is 0 Å². The fourth-order valence-electron chi connectivity index (χ4n) is 2.27. The molecule has 2 heterocycles. The second kappa shape index (κ2) is 4.97. The molecule has 1 saturated heterocycles. The Kier molecular flexibility index (Phi) is 3.61. The molecule has 2 rings (SSSR count). The Morgan fingerprint density at radius 2 is 2.38 bits per heavy atom. The van der Waals surface area contributed by atoms with Gasteiger partial charge < -0.3 is 5.11 Å². The Hall–Kier alpha value is -0.870. The van der Waals surface area contributed by atoms with Crippen LogP contribution >= 0.6 is 0 Å². The summed E-state index contributed by atoms with van der Waals surface area (Å²) in [7, 11) is 0. The van der Waals surface area contributed by atoms with Crippen LogP contribution in [-0.4, -0.2) is 39.0 Å². The third-order valence-electron chi connectivity index (χ3n) is 3.27. The van der Waals surface area contributed by atoms with Crippen LogP contribution in [0, 0.1) is 0 Å². The summed E-state index contributed by atoms with van der Waals surface area (Å²) >= 11 is 0. The van der Waals surface area contributed by atoms with E-state index in [1.165, 1.54) is 6.42 Å². The van der Waals surface area contributed by atoms with E-state index in [0.717, 1.165) is 25.2 Å². The van der Waals surface area contributed by atoms with Crippen LogP contribution in [0.3, 0.4) is 0 Å². The summed E-state index contributed by atoms with van der Waals surface area (Å²) in [5.41, 5.74) is 1.11. The molecule has 0 unspecified atom stereocenters. The average Bonchev–Trinajstić information content (AvgIpc) is 2.87. The summed E-state index contributed by atoms with van der Waals surface area (Å²) in [5, 5.41) is 13.8. The number of aliphatic hydroxyl groups is 1. The van der Waals surface area contributed by atoms with Crippen LogP contribution in [0.25, 0.3) is 0 Å². The van der Waals surface area contributed by atoms with Crippen LogP contribution in [0.1, 0.15) is 38.4 Å². The molecule has 1 aromatic heterocycles. The van der Waals surface area contributed by atoms with Crippen molar-refractivity contribution >= 4 is 0 Å². The maximum absolute atomic E-state index is 9.24. The molecule has 4 nitrogen and oxygen atoms in total. The summed E-state index contributed by atoms with van der Waals surface area (Å²) < 4.78 is 1.99.